The Hall–Kier alpha value is -4.66. The van der Waals surface area contributed by atoms with Gasteiger partial charge in [-0.25, -0.2) is 9.18 Å². The number of phenolic OH excluding ortho intramolecular Hbond substituents is 1. The number of hydrogen-bond acceptors (Lipinski definition) is 5. The third kappa shape index (κ3) is 5.51. The van der Waals surface area contributed by atoms with Gasteiger partial charge in [-0.1, -0.05) is 18.2 Å². The van der Waals surface area contributed by atoms with Gasteiger partial charge in [0.1, 0.15) is 17.3 Å². The van der Waals surface area contributed by atoms with Crippen LogP contribution in [0.5, 0.6) is 11.5 Å². The van der Waals surface area contributed by atoms with Gasteiger partial charge in [0.2, 0.25) is 0 Å². The lowest BCUT2D eigenvalue weighted by atomic mass is 10.1. The summed E-state index contributed by atoms with van der Waals surface area (Å²) in [6.45, 7) is 2.45. The number of anilines is 1. The van der Waals surface area contributed by atoms with Gasteiger partial charge in [0, 0.05) is 40.9 Å². The van der Waals surface area contributed by atoms with Crippen LogP contribution in [0.15, 0.2) is 72.8 Å². The molecule has 3 N–H and O–H groups in total. The second-order valence-electron chi connectivity index (χ2n) is 9.03. The van der Waals surface area contributed by atoms with Gasteiger partial charge in [-0.05, 0) is 68.3 Å². The minimum atomic E-state index is -0.472. The number of aromatic nitrogens is 2. The monoisotopic (exact) mass is 514 g/mol. The largest absolute Gasteiger partial charge is 0.507 e. The molecule has 38 heavy (non-hydrogen) atoms. The van der Waals surface area contributed by atoms with Gasteiger partial charge in [-0.15, -0.1) is 0 Å². The molecule has 0 saturated heterocycles. The van der Waals surface area contributed by atoms with E-state index in [1.165, 1.54) is 16.8 Å². The second-order valence-corrected chi connectivity index (χ2v) is 9.03. The smallest absolute Gasteiger partial charge is 0.342 e. The highest BCUT2D eigenvalue weighted by atomic mass is 19.1. The molecule has 1 aromatic heterocycles. The van der Waals surface area contributed by atoms with Gasteiger partial charge in [0.25, 0.3) is 5.91 Å². The molecule has 4 aromatic rings. The van der Waals surface area contributed by atoms with E-state index in [0.717, 1.165) is 18.5 Å². The van der Waals surface area contributed by atoms with Gasteiger partial charge in [-0.3, -0.25) is 4.79 Å². The van der Waals surface area contributed by atoms with Crippen molar-refractivity contribution < 1.29 is 23.8 Å². The molecule has 1 heterocycles. The van der Waals surface area contributed by atoms with Crippen LogP contribution < -0.4 is 15.4 Å². The Balaban J connectivity index is 1.31. The van der Waals surface area contributed by atoms with Crippen molar-refractivity contribution in [3.63, 3.8) is 0 Å². The van der Waals surface area contributed by atoms with Gasteiger partial charge < -0.3 is 20.5 Å². The van der Waals surface area contributed by atoms with Crippen molar-refractivity contribution in [3.05, 3.63) is 95.4 Å². The highest BCUT2D eigenvalue weighted by Crippen LogP contribution is 2.42. The molecule has 9 heteroatoms. The summed E-state index contributed by atoms with van der Waals surface area (Å²) in [7, 11) is 0. The van der Waals surface area contributed by atoms with Crippen LogP contribution >= 0.6 is 0 Å². The van der Waals surface area contributed by atoms with Gasteiger partial charge in [-0.2, -0.15) is 9.78 Å². The van der Waals surface area contributed by atoms with E-state index in [0.29, 0.717) is 40.4 Å². The topological polar surface area (TPSA) is 105 Å². The zero-order valence-corrected chi connectivity index (χ0v) is 20.8. The van der Waals surface area contributed by atoms with Crippen molar-refractivity contribution in [1.82, 2.24) is 15.1 Å². The van der Waals surface area contributed by atoms with Crippen LogP contribution in [-0.4, -0.2) is 33.4 Å². The maximum Gasteiger partial charge on any atom is 0.342 e. The number of nitrogens with zero attached hydrogens (tertiary/aromatic N) is 2. The fourth-order valence-corrected chi connectivity index (χ4v) is 4.15. The van der Waals surface area contributed by atoms with E-state index in [4.69, 9.17) is 4.74 Å². The van der Waals surface area contributed by atoms with E-state index < -0.39 is 11.8 Å². The number of amides is 2. The molecule has 1 aliphatic rings. The van der Waals surface area contributed by atoms with E-state index in [1.54, 1.807) is 60.7 Å². The first-order chi connectivity index (χ1) is 18.4. The zero-order chi connectivity index (χ0) is 26.6. The Bertz CT molecular complexity index is 1480. The van der Waals surface area contributed by atoms with Crippen molar-refractivity contribution in [2.24, 2.45) is 0 Å². The molecule has 2 amide bonds. The molecular formula is C29H27FN4O4. The quantitative estimate of drug-likeness (QED) is 0.281. The third-order valence-corrected chi connectivity index (χ3v) is 6.27. The van der Waals surface area contributed by atoms with Gasteiger partial charge in [0.05, 0.1) is 18.0 Å². The first-order valence-corrected chi connectivity index (χ1v) is 12.4. The summed E-state index contributed by atoms with van der Waals surface area (Å²) in [6.07, 6.45) is 1.88. The fraction of sp³-hybridized carbons (Fsp3) is 0.207. The first-order valence-electron chi connectivity index (χ1n) is 12.4. The normalized spacial score (nSPS) is 12.7. The summed E-state index contributed by atoms with van der Waals surface area (Å²) in [5.41, 5.74) is 2.82. The minimum Gasteiger partial charge on any atom is -0.507 e. The first kappa shape index (κ1) is 25.0. The molecule has 0 atom stereocenters. The summed E-state index contributed by atoms with van der Waals surface area (Å²) in [6, 6.07) is 19.1. The molecule has 1 fully saturated rings. The Kier molecular flexibility index (Phi) is 7.08. The van der Waals surface area contributed by atoms with Crippen molar-refractivity contribution in [1.29, 1.82) is 0 Å². The molecule has 0 aliphatic heterocycles. The Morgan fingerprint density at radius 1 is 1.08 bits per heavy atom. The maximum absolute atomic E-state index is 13.9. The van der Waals surface area contributed by atoms with E-state index in [-0.39, 0.29) is 24.1 Å². The van der Waals surface area contributed by atoms with Crippen LogP contribution in [0.25, 0.3) is 11.3 Å². The Labute approximate surface area is 219 Å². The SMILES string of the molecule is CCOc1ccc(C(=O)Nc2ccc(-c3cc(C4CC4)n(C(=O)NCc4ccccc4F)n3)c(O)c2)cc1. The lowest BCUT2D eigenvalue weighted by molar-refractivity contribution is 0.102. The highest BCUT2D eigenvalue weighted by Gasteiger charge is 2.31. The lowest BCUT2D eigenvalue weighted by Crippen LogP contribution is -2.30. The van der Waals surface area contributed by atoms with Crippen molar-refractivity contribution in [2.75, 3.05) is 11.9 Å². The molecule has 8 nitrogen and oxygen atoms in total. The Morgan fingerprint density at radius 2 is 1.84 bits per heavy atom. The molecule has 0 spiro atoms. The third-order valence-electron chi connectivity index (χ3n) is 6.27. The van der Waals surface area contributed by atoms with Gasteiger partial charge >= 0.3 is 6.03 Å². The number of carbonyl (C=O) groups is 2. The summed E-state index contributed by atoms with van der Waals surface area (Å²) in [4.78, 5) is 25.6. The molecule has 0 radical (unpaired) electrons. The summed E-state index contributed by atoms with van der Waals surface area (Å²) < 4.78 is 20.6. The predicted molar refractivity (Wildman–Crippen MR) is 141 cm³/mol. The molecule has 1 saturated carbocycles. The number of ether oxygens (including phenoxy) is 1. The number of rotatable bonds is 8. The number of phenols is 1. The van der Waals surface area contributed by atoms with Crippen LogP contribution in [-0.2, 0) is 6.54 Å². The number of benzene rings is 3. The average molecular weight is 515 g/mol. The predicted octanol–water partition coefficient (Wildman–Crippen LogP) is 5.68. The molecular weight excluding hydrogens is 487 g/mol. The van der Waals surface area contributed by atoms with Crippen molar-refractivity contribution in [2.45, 2.75) is 32.2 Å². The average Bonchev–Trinajstić information content (AvgIpc) is 3.67. The van der Waals surface area contributed by atoms with Crippen LogP contribution in [0.1, 0.15) is 47.3 Å². The zero-order valence-electron chi connectivity index (χ0n) is 20.8. The van der Waals surface area contributed by atoms with Crippen molar-refractivity contribution >= 4 is 17.6 Å². The molecule has 1 aliphatic carbocycles. The second kappa shape index (κ2) is 10.8. The summed E-state index contributed by atoms with van der Waals surface area (Å²) >= 11 is 0. The van der Waals surface area contributed by atoms with E-state index in [9.17, 15) is 19.1 Å². The highest BCUT2D eigenvalue weighted by molar-refractivity contribution is 6.04. The van der Waals surface area contributed by atoms with Crippen molar-refractivity contribution in [3.8, 4) is 22.8 Å². The van der Waals surface area contributed by atoms with Gasteiger partial charge in [0.15, 0.2) is 0 Å². The maximum atomic E-state index is 13.9. The number of hydrogen-bond donors (Lipinski definition) is 3. The molecule has 194 valence electrons. The molecule has 0 bridgehead atoms. The van der Waals surface area contributed by atoms with Crippen LogP contribution in [0.4, 0.5) is 14.9 Å². The molecule has 3 aromatic carbocycles. The van der Waals surface area contributed by atoms with E-state index in [1.807, 2.05) is 6.92 Å². The van der Waals surface area contributed by atoms with E-state index in [2.05, 4.69) is 15.7 Å². The van der Waals surface area contributed by atoms with Crippen LogP contribution in [0.2, 0.25) is 0 Å². The fourth-order valence-electron chi connectivity index (χ4n) is 4.15. The summed E-state index contributed by atoms with van der Waals surface area (Å²) in [5.74, 6) is 0.0681. The minimum absolute atomic E-state index is 0.0266. The molecule has 0 unspecified atom stereocenters. The number of aromatic hydroxyl groups is 1. The van der Waals surface area contributed by atoms with Crippen LogP contribution in [0, 0.1) is 5.82 Å². The lowest BCUT2D eigenvalue weighted by Gasteiger charge is -2.09. The number of nitrogens with one attached hydrogen (secondary N) is 2. The Morgan fingerprint density at radius 3 is 2.53 bits per heavy atom. The van der Waals surface area contributed by atoms with E-state index >= 15 is 0 Å². The number of halogens is 1. The number of carbonyl (C=O) groups excluding carboxylic acids is 2. The van der Waals surface area contributed by atoms with Crippen LogP contribution in [0.3, 0.4) is 0 Å². The summed E-state index contributed by atoms with van der Waals surface area (Å²) in [5, 5.41) is 20.7. The standard InChI is InChI=1S/C29H27FN4O4/c1-2-38-22-12-9-19(10-13-22)28(36)32-21-11-14-23(27(35)15-21)25-16-26(18-7-8-18)34(33-25)29(37)31-17-20-5-3-4-6-24(20)30/h3-6,9-16,18,35H,2,7-8,17H2,1H3,(H,31,37)(H,32,36). The molecule has 5 rings (SSSR count).